The number of aromatic nitrogens is 3. The van der Waals surface area contributed by atoms with Crippen LogP contribution >= 0.6 is 11.3 Å². The first-order chi connectivity index (χ1) is 13.8. The van der Waals surface area contributed by atoms with E-state index < -0.39 is 0 Å². The molecule has 0 bridgehead atoms. The lowest BCUT2D eigenvalue weighted by Gasteiger charge is -2.23. The van der Waals surface area contributed by atoms with Crippen molar-refractivity contribution in [2.24, 2.45) is 0 Å². The van der Waals surface area contributed by atoms with Crippen molar-refractivity contribution in [3.05, 3.63) is 23.1 Å². The number of pyridine rings is 1. The minimum atomic E-state index is 1.07. The van der Waals surface area contributed by atoms with Gasteiger partial charge in [0.05, 0.1) is 10.2 Å². The first-order valence-electron chi connectivity index (χ1n) is 11.1. The van der Waals surface area contributed by atoms with Crippen molar-refractivity contribution in [1.82, 2.24) is 15.0 Å². The van der Waals surface area contributed by atoms with Crippen LogP contribution in [0.1, 0.15) is 76.1 Å². The molecule has 0 fully saturated rings. The van der Waals surface area contributed by atoms with E-state index in [9.17, 15) is 0 Å². The third kappa shape index (κ3) is 3.49. The molecular weight excluding hydrogens is 364 g/mol. The largest absolute Gasteiger partial charge is 0.355 e. The zero-order valence-corrected chi connectivity index (χ0v) is 18.4. The van der Waals surface area contributed by atoms with Gasteiger partial charge in [-0.1, -0.05) is 40.0 Å². The van der Waals surface area contributed by atoms with Crippen LogP contribution in [0.2, 0.25) is 0 Å². The minimum absolute atomic E-state index is 1.07. The monoisotopic (exact) mass is 396 g/mol. The Balaban J connectivity index is 1.88. The second-order valence-corrected chi connectivity index (χ2v) is 8.97. The summed E-state index contributed by atoms with van der Waals surface area (Å²) in [5, 5.41) is 1.32. The fraction of sp³-hybridized carbons (Fsp3) is 0.609. The molecule has 0 amide bonds. The molecular formula is C23H32N4S. The zero-order valence-electron chi connectivity index (χ0n) is 17.6. The quantitative estimate of drug-likeness (QED) is 0.439. The Morgan fingerprint density at radius 2 is 1.71 bits per heavy atom. The molecule has 28 heavy (non-hydrogen) atoms. The van der Waals surface area contributed by atoms with Crippen molar-refractivity contribution in [2.45, 2.75) is 78.6 Å². The number of thiophene rings is 1. The molecule has 0 spiro atoms. The number of fused-ring (bicyclic) bond motifs is 5. The van der Waals surface area contributed by atoms with Gasteiger partial charge >= 0.3 is 0 Å². The Bertz CT molecular complexity index is 954. The second-order valence-electron chi connectivity index (χ2n) is 7.97. The van der Waals surface area contributed by atoms with E-state index in [1.54, 1.807) is 6.33 Å². The topological polar surface area (TPSA) is 41.9 Å². The average Bonchev–Trinajstić information content (AvgIpc) is 3.32. The molecule has 4 nitrogen and oxygen atoms in total. The van der Waals surface area contributed by atoms with Crippen LogP contribution in [-0.4, -0.2) is 28.0 Å². The minimum Gasteiger partial charge on any atom is -0.355 e. The molecule has 0 N–H and O–H groups in total. The molecule has 5 heteroatoms. The fourth-order valence-electron chi connectivity index (χ4n) is 4.45. The van der Waals surface area contributed by atoms with Crippen LogP contribution in [0.3, 0.4) is 0 Å². The van der Waals surface area contributed by atoms with Crippen LogP contribution in [-0.2, 0) is 19.3 Å². The molecule has 1 aliphatic carbocycles. The number of unbranched alkanes of at least 4 members (excludes halogenated alkanes) is 2. The normalized spacial score (nSPS) is 13.5. The van der Waals surface area contributed by atoms with E-state index in [4.69, 9.17) is 15.0 Å². The summed E-state index contributed by atoms with van der Waals surface area (Å²) in [6, 6.07) is 0. The van der Waals surface area contributed by atoms with Gasteiger partial charge in [-0.25, -0.2) is 15.0 Å². The van der Waals surface area contributed by atoms with Gasteiger partial charge < -0.3 is 4.90 Å². The molecule has 0 saturated heterocycles. The predicted molar refractivity (Wildman–Crippen MR) is 121 cm³/mol. The summed E-state index contributed by atoms with van der Waals surface area (Å²) < 4.78 is 1.24. The van der Waals surface area contributed by atoms with Crippen molar-refractivity contribution in [2.75, 3.05) is 18.0 Å². The lowest BCUT2D eigenvalue weighted by atomic mass is 10.0. The molecule has 3 aromatic heterocycles. The maximum atomic E-state index is 5.13. The van der Waals surface area contributed by atoms with Gasteiger partial charge in [0.1, 0.15) is 17.0 Å². The molecule has 0 atom stereocenters. The van der Waals surface area contributed by atoms with Crippen molar-refractivity contribution in [1.29, 1.82) is 0 Å². The molecule has 0 unspecified atom stereocenters. The van der Waals surface area contributed by atoms with E-state index >= 15 is 0 Å². The lowest BCUT2D eigenvalue weighted by molar-refractivity contribution is 0.673. The van der Waals surface area contributed by atoms with Gasteiger partial charge in [-0.15, -0.1) is 11.3 Å². The molecule has 0 saturated carbocycles. The predicted octanol–water partition coefficient (Wildman–Crippen LogP) is 6.09. The van der Waals surface area contributed by atoms with Crippen molar-refractivity contribution in [3.8, 4) is 0 Å². The molecule has 0 radical (unpaired) electrons. The number of aryl methyl sites for hydroxylation is 2. The van der Waals surface area contributed by atoms with Gasteiger partial charge in [0.25, 0.3) is 0 Å². The fourth-order valence-corrected chi connectivity index (χ4v) is 5.65. The number of hydrogen-bond donors (Lipinski definition) is 0. The molecule has 3 aromatic rings. The third-order valence-electron chi connectivity index (χ3n) is 5.89. The van der Waals surface area contributed by atoms with E-state index in [0.29, 0.717) is 0 Å². The van der Waals surface area contributed by atoms with E-state index in [1.807, 2.05) is 11.3 Å². The Hall–Kier alpha value is -1.75. The summed E-state index contributed by atoms with van der Waals surface area (Å²) in [5.41, 5.74) is 5.51. The SMILES string of the molecule is CCCCN(CCCC)c1ncnc2c1sc1nc(CCC)c3c(c12)CCC3. The molecule has 1 aliphatic rings. The molecule has 3 heterocycles. The summed E-state index contributed by atoms with van der Waals surface area (Å²) >= 11 is 1.81. The van der Waals surface area contributed by atoms with Crippen LogP contribution in [0, 0.1) is 0 Å². The van der Waals surface area contributed by atoms with Gasteiger partial charge in [-0.2, -0.15) is 0 Å². The second kappa shape index (κ2) is 8.73. The van der Waals surface area contributed by atoms with Gasteiger partial charge in [0.2, 0.25) is 0 Å². The van der Waals surface area contributed by atoms with Crippen molar-refractivity contribution in [3.63, 3.8) is 0 Å². The van der Waals surface area contributed by atoms with Crippen LogP contribution in [0.25, 0.3) is 20.4 Å². The molecule has 4 rings (SSSR count). The summed E-state index contributed by atoms with van der Waals surface area (Å²) in [6.45, 7) is 8.92. The summed E-state index contributed by atoms with van der Waals surface area (Å²) in [4.78, 5) is 18.3. The average molecular weight is 397 g/mol. The molecule has 150 valence electrons. The van der Waals surface area contributed by atoms with Gasteiger partial charge in [0.15, 0.2) is 0 Å². The molecule has 0 aliphatic heterocycles. The first kappa shape index (κ1) is 19.6. The van der Waals surface area contributed by atoms with E-state index in [-0.39, 0.29) is 0 Å². The summed E-state index contributed by atoms with van der Waals surface area (Å²) in [7, 11) is 0. The van der Waals surface area contributed by atoms with E-state index in [1.165, 1.54) is 76.7 Å². The van der Waals surface area contributed by atoms with Crippen LogP contribution in [0.4, 0.5) is 5.82 Å². The van der Waals surface area contributed by atoms with Crippen molar-refractivity contribution < 1.29 is 0 Å². The number of rotatable bonds is 9. The molecule has 0 aromatic carbocycles. The number of hydrogen-bond acceptors (Lipinski definition) is 5. The van der Waals surface area contributed by atoms with E-state index in [0.717, 1.165) is 37.3 Å². The van der Waals surface area contributed by atoms with Gasteiger partial charge in [-0.05, 0) is 49.7 Å². The number of nitrogens with zero attached hydrogens (tertiary/aromatic N) is 4. The Labute approximate surface area is 172 Å². The third-order valence-corrected chi connectivity index (χ3v) is 6.96. The summed E-state index contributed by atoms with van der Waals surface area (Å²) in [6.07, 6.45) is 12.4. The Morgan fingerprint density at radius 3 is 2.43 bits per heavy atom. The highest BCUT2D eigenvalue weighted by molar-refractivity contribution is 7.26. The highest BCUT2D eigenvalue weighted by atomic mass is 32.1. The van der Waals surface area contributed by atoms with Crippen molar-refractivity contribution >= 4 is 37.6 Å². The zero-order chi connectivity index (χ0) is 19.5. The maximum absolute atomic E-state index is 5.13. The van der Waals surface area contributed by atoms with Crippen LogP contribution < -0.4 is 4.90 Å². The van der Waals surface area contributed by atoms with Gasteiger partial charge in [0, 0.05) is 24.2 Å². The maximum Gasteiger partial charge on any atom is 0.150 e. The van der Waals surface area contributed by atoms with E-state index in [2.05, 4.69) is 25.7 Å². The van der Waals surface area contributed by atoms with Gasteiger partial charge in [-0.3, -0.25) is 0 Å². The highest BCUT2D eigenvalue weighted by Crippen LogP contribution is 2.42. The first-order valence-corrected chi connectivity index (χ1v) is 11.9. The lowest BCUT2D eigenvalue weighted by Crippen LogP contribution is -2.26. The van der Waals surface area contributed by atoms with Crippen LogP contribution in [0.5, 0.6) is 0 Å². The standard InChI is InChI=1S/C23H32N4S/c1-4-7-13-27(14-8-5-2)22-21-20(24-15-25-22)19-17-12-9-11-16(17)18(10-6-3)26-23(19)28-21/h15H,4-14H2,1-3H3. The number of anilines is 1. The van der Waals surface area contributed by atoms with Crippen LogP contribution in [0.15, 0.2) is 6.33 Å². The smallest absolute Gasteiger partial charge is 0.150 e. The highest BCUT2D eigenvalue weighted by Gasteiger charge is 2.24. The Kier molecular flexibility index (Phi) is 6.10. The summed E-state index contributed by atoms with van der Waals surface area (Å²) in [5.74, 6) is 1.12. The Morgan fingerprint density at radius 1 is 0.964 bits per heavy atom.